The van der Waals surface area contributed by atoms with Crippen molar-refractivity contribution in [3.8, 4) is 0 Å². The van der Waals surface area contributed by atoms with Crippen LogP contribution in [0.5, 0.6) is 0 Å². The van der Waals surface area contributed by atoms with Crippen LogP contribution in [0.25, 0.3) is 0 Å². The second-order valence-corrected chi connectivity index (χ2v) is 3.82. The van der Waals surface area contributed by atoms with E-state index in [1.54, 1.807) is 23.0 Å². The maximum absolute atomic E-state index is 2.21. The van der Waals surface area contributed by atoms with E-state index in [1.807, 2.05) is 0 Å². The Bertz CT molecular complexity index is 165. The van der Waals surface area contributed by atoms with Crippen LogP contribution in [0.2, 0.25) is 0 Å². The van der Waals surface area contributed by atoms with E-state index in [2.05, 4.69) is 32.0 Å². The van der Waals surface area contributed by atoms with Gasteiger partial charge in [-0.3, -0.25) is 0 Å². The van der Waals surface area contributed by atoms with Crippen molar-refractivity contribution in [3.63, 3.8) is 0 Å². The molecule has 0 aliphatic heterocycles. The summed E-state index contributed by atoms with van der Waals surface area (Å²) in [7, 11) is 0. The topological polar surface area (TPSA) is 0 Å². The molecule has 0 heterocycles. The first-order chi connectivity index (χ1) is 4.18. The molecule has 1 aromatic carbocycles. The van der Waals surface area contributed by atoms with Crippen molar-refractivity contribution in [1.82, 2.24) is 0 Å². The number of aryl methyl sites for hydroxylation is 2. The number of hydrogen-bond acceptors (Lipinski definition) is 0. The molecule has 1 rings (SSSR count). The Morgan fingerprint density at radius 1 is 1.00 bits per heavy atom. The Morgan fingerprint density at radius 2 is 1.44 bits per heavy atom. The second kappa shape index (κ2) is 2.75. The van der Waals surface area contributed by atoms with Gasteiger partial charge in [0.2, 0.25) is 0 Å². The van der Waals surface area contributed by atoms with E-state index >= 15 is 0 Å². The van der Waals surface area contributed by atoms with Crippen molar-refractivity contribution in [2.24, 2.45) is 0 Å². The molecule has 0 saturated heterocycles. The first kappa shape index (κ1) is 7.15. The molecule has 0 spiro atoms. The van der Waals surface area contributed by atoms with Crippen molar-refractivity contribution in [1.29, 1.82) is 0 Å². The molecule has 0 fully saturated rings. The van der Waals surface area contributed by atoms with Gasteiger partial charge in [0.1, 0.15) is 0 Å². The molecule has 0 unspecified atom stereocenters. The van der Waals surface area contributed by atoms with Gasteiger partial charge < -0.3 is 0 Å². The fraction of sp³-hybridized carbons (Fsp3) is 0.250. The van der Waals surface area contributed by atoms with Gasteiger partial charge in [-0.15, -0.1) is 0 Å². The molecule has 0 aromatic heterocycles. The van der Waals surface area contributed by atoms with E-state index in [4.69, 9.17) is 0 Å². The summed E-state index contributed by atoms with van der Waals surface area (Å²) >= 11 is 1.78. The third-order valence-corrected chi connectivity index (χ3v) is 1.94. The summed E-state index contributed by atoms with van der Waals surface area (Å²) in [6.45, 7) is 4.27. The number of hydrogen-bond donors (Lipinski definition) is 0. The van der Waals surface area contributed by atoms with Gasteiger partial charge in [-0.25, -0.2) is 0 Å². The molecule has 0 atom stereocenters. The molecule has 0 aliphatic carbocycles. The van der Waals surface area contributed by atoms with Gasteiger partial charge in [0, 0.05) is 0 Å². The third-order valence-electron chi connectivity index (χ3n) is 1.21. The molecule has 0 amide bonds. The van der Waals surface area contributed by atoms with Gasteiger partial charge in [-0.1, -0.05) is 0 Å². The molecule has 0 N–H and O–H groups in total. The van der Waals surface area contributed by atoms with Gasteiger partial charge in [0.05, 0.1) is 0 Å². The monoisotopic (exact) mass is 226 g/mol. The first-order valence-corrected chi connectivity index (χ1v) is 4.23. The fourth-order valence-electron chi connectivity index (χ4n) is 0.951. The molecule has 0 nitrogen and oxygen atoms in total. The van der Waals surface area contributed by atoms with Crippen LogP contribution in [0.3, 0.4) is 0 Å². The molecule has 1 aromatic rings. The molecule has 0 bridgehead atoms. The minimum absolute atomic E-state index is 1.37. The first-order valence-electron chi connectivity index (χ1n) is 2.96. The van der Waals surface area contributed by atoms with Crippen molar-refractivity contribution < 1.29 is 0 Å². The predicted molar refractivity (Wildman–Crippen MR) is 41.3 cm³/mol. The van der Waals surface area contributed by atoms with Crippen molar-refractivity contribution in [2.45, 2.75) is 13.8 Å². The van der Waals surface area contributed by atoms with Gasteiger partial charge >= 0.3 is 69.7 Å². The zero-order valence-electron chi connectivity index (χ0n) is 5.68. The van der Waals surface area contributed by atoms with Gasteiger partial charge in [0.25, 0.3) is 0 Å². The standard InChI is InChI=1S/C8H9.Sb/c1-7-4-3-5-8(2)6-7;/h4-6H,1-2H3;. The quantitative estimate of drug-likeness (QED) is 0.582. The van der Waals surface area contributed by atoms with Crippen LogP contribution in [0.15, 0.2) is 18.2 Å². The maximum atomic E-state index is 2.21. The molecule has 1 heteroatoms. The summed E-state index contributed by atoms with van der Waals surface area (Å²) < 4.78 is 1.40. The molecular weight excluding hydrogens is 218 g/mol. The molecule has 46 valence electrons. The summed E-state index contributed by atoms with van der Waals surface area (Å²) in [4.78, 5) is 0. The summed E-state index contributed by atoms with van der Waals surface area (Å²) in [5.74, 6) is 0. The zero-order chi connectivity index (χ0) is 6.85. The Balaban J connectivity index is 3.17. The van der Waals surface area contributed by atoms with Crippen molar-refractivity contribution in [3.05, 3.63) is 29.3 Å². The minimum atomic E-state index is 1.37. The molecule has 9 heavy (non-hydrogen) atoms. The third kappa shape index (κ3) is 2.02. The van der Waals surface area contributed by atoms with Crippen LogP contribution in [0.1, 0.15) is 11.1 Å². The molecular formula is C8H9Sb. The Morgan fingerprint density at radius 3 is 1.78 bits per heavy atom. The van der Waals surface area contributed by atoms with Crippen molar-refractivity contribution in [2.75, 3.05) is 0 Å². The predicted octanol–water partition coefficient (Wildman–Crippen LogP) is 1.10. The second-order valence-electron chi connectivity index (χ2n) is 2.35. The van der Waals surface area contributed by atoms with Crippen LogP contribution in [0.4, 0.5) is 0 Å². The fourth-order valence-corrected chi connectivity index (χ4v) is 2.11. The molecule has 2 radical (unpaired) electrons. The van der Waals surface area contributed by atoms with E-state index in [-0.39, 0.29) is 0 Å². The average Bonchev–Trinajstić information content (AvgIpc) is 1.59. The van der Waals surface area contributed by atoms with Crippen LogP contribution in [-0.2, 0) is 0 Å². The summed E-state index contributed by atoms with van der Waals surface area (Å²) in [6.07, 6.45) is 0. The number of benzene rings is 1. The van der Waals surface area contributed by atoms with Crippen LogP contribution >= 0.6 is 0 Å². The zero-order valence-corrected chi connectivity index (χ0v) is 8.23. The van der Waals surface area contributed by atoms with Crippen LogP contribution < -0.4 is 3.51 Å². The van der Waals surface area contributed by atoms with E-state index in [1.165, 1.54) is 14.6 Å². The normalized spacial score (nSPS) is 9.67. The Labute approximate surface area is 69.8 Å². The van der Waals surface area contributed by atoms with E-state index in [0.717, 1.165) is 0 Å². The van der Waals surface area contributed by atoms with Gasteiger partial charge in [-0.2, -0.15) is 0 Å². The van der Waals surface area contributed by atoms with Crippen molar-refractivity contribution >= 4 is 26.5 Å². The molecule has 0 aliphatic rings. The van der Waals surface area contributed by atoms with Gasteiger partial charge in [-0.05, 0) is 0 Å². The molecule has 0 saturated carbocycles. The number of rotatable bonds is 0. The average molecular weight is 227 g/mol. The van der Waals surface area contributed by atoms with E-state index < -0.39 is 0 Å². The van der Waals surface area contributed by atoms with E-state index in [0.29, 0.717) is 0 Å². The van der Waals surface area contributed by atoms with E-state index in [9.17, 15) is 0 Å². The van der Waals surface area contributed by atoms with Gasteiger partial charge in [0.15, 0.2) is 0 Å². The summed E-state index contributed by atoms with van der Waals surface area (Å²) in [5, 5.41) is 0. The Hall–Kier alpha value is 0.0382. The Kier molecular flexibility index (Phi) is 2.18. The summed E-state index contributed by atoms with van der Waals surface area (Å²) in [5.41, 5.74) is 2.73. The van der Waals surface area contributed by atoms with Crippen LogP contribution in [0, 0.1) is 13.8 Å². The van der Waals surface area contributed by atoms with Crippen LogP contribution in [-0.4, -0.2) is 23.0 Å². The SMILES string of the molecule is Cc1cc(C)c[c]([Sb])c1. The summed E-state index contributed by atoms with van der Waals surface area (Å²) in [6, 6.07) is 6.61.